The van der Waals surface area contributed by atoms with Crippen LogP contribution in [-0.2, 0) is 0 Å². The van der Waals surface area contributed by atoms with E-state index in [9.17, 15) is 5.11 Å². The molecule has 0 rings (SSSR count). The van der Waals surface area contributed by atoms with E-state index < -0.39 is 0 Å². The molecule has 0 saturated carbocycles. The van der Waals surface area contributed by atoms with Crippen molar-refractivity contribution in [1.82, 2.24) is 5.32 Å². The van der Waals surface area contributed by atoms with Crippen molar-refractivity contribution < 1.29 is 5.11 Å². The van der Waals surface area contributed by atoms with Gasteiger partial charge in [-0.25, -0.2) is 0 Å². The molecule has 0 aliphatic rings. The maximum Gasteiger partial charge on any atom is 0.0662 e. The molecule has 0 aliphatic heterocycles. The highest BCUT2D eigenvalue weighted by molar-refractivity contribution is 4.84. The largest absolute Gasteiger partial charge is 0.392 e. The lowest BCUT2D eigenvalue weighted by molar-refractivity contribution is 0.145. The van der Waals surface area contributed by atoms with Crippen LogP contribution >= 0.6 is 0 Å². The molecule has 1 unspecified atom stereocenters. The lowest BCUT2D eigenvalue weighted by atomic mass is 9.89. The Kier molecular flexibility index (Phi) is 6.35. The molecule has 0 radical (unpaired) electrons. The number of hydrogen-bond acceptors (Lipinski definition) is 2. The predicted molar refractivity (Wildman–Crippen MR) is 57.9 cm³/mol. The monoisotopic (exact) mass is 187 g/mol. The van der Waals surface area contributed by atoms with Gasteiger partial charge in [-0.05, 0) is 25.7 Å². The summed E-state index contributed by atoms with van der Waals surface area (Å²) in [6.45, 7) is 9.36. The van der Waals surface area contributed by atoms with Crippen molar-refractivity contribution in [2.75, 3.05) is 6.54 Å². The van der Waals surface area contributed by atoms with Crippen LogP contribution in [0.1, 0.15) is 53.4 Å². The van der Waals surface area contributed by atoms with E-state index in [4.69, 9.17) is 0 Å². The average molecular weight is 187 g/mol. The fraction of sp³-hybridized carbons (Fsp3) is 1.00. The molecule has 2 N–H and O–H groups in total. The Morgan fingerprint density at radius 3 is 1.85 bits per heavy atom. The lowest BCUT2D eigenvalue weighted by Crippen LogP contribution is -2.46. The third-order valence-corrected chi connectivity index (χ3v) is 3.21. The molecule has 80 valence electrons. The molecule has 0 fully saturated rings. The van der Waals surface area contributed by atoms with Crippen molar-refractivity contribution in [2.24, 2.45) is 0 Å². The van der Waals surface area contributed by atoms with Crippen LogP contribution in [0.15, 0.2) is 0 Å². The first kappa shape index (κ1) is 12.9. The van der Waals surface area contributed by atoms with E-state index in [0.717, 1.165) is 32.2 Å². The minimum atomic E-state index is -0.191. The number of rotatable bonds is 7. The molecule has 0 aromatic heterocycles. The lowest BCUT2D eigenvalue weighted by Gasteiger charge is -2.32. The molecule has 0 spiro atoms. The van der Waals surface area contributed by atoms with Gasteiger partial charge in [-0.3, -0.25) is 0 Å². The zero-order valence-electron chi connectivity index (χ0n) is 9.56. The Labute approximate surface area is 82.7 Å². The van der Waals surface area contributed by atoms with Crippen LogP contribution in [0.4, 0.5) is 0 Å². The van der Waals surface area contributed by atoms with Gasteiger partial charge >= 0.3 is 0 Å². The van der Waals surface area contributed by atoms with E-state index in [1.807, 2.05) is 6.92 Å². The van der Waals surface area contributed by atoms with Gasteiger partial charge in [0.05, 0.1) is 6.10 Å². The summed E-state index contributed by atoms with van der Waals surface area (Å²) >= 11 is 0. The first-order valence-electron chi connectivity index (χ1n) is 5.57. The summed E-state index contributed by atoms with van der Waals surface area (Å²) in [5.41, 5.74) is 0.246. The maximum absolute atomic E-state index is 9.45. The number of hydrogen-bond donors (Lipinski definition) is 2. The van der Waals surface area contributed by atoms with E-state index in [-0.39, 0.29) is 11.6 Å². The molecule has 0 saturated heterocycles. The van der Waals surface area contributed by atoms with E-state index in [1.54, 1.807) is 0 Å². The summed E-state index contributed by atoms with van der Waals surface area (Å²) in [4.78, 5) is 0. The van der Waals surface area contributed by atoms with Crippen LogP contribution in [0.3, 0.4) is 0 Å². The topological polar surface area (TPSA) is 32.3 Å². The summed E-state index contributed by atoms with van der Waals surface area (Å²) in [5, 5.41) is 12.9. The molecular formula is C11H25NO. The summed E-state index contributed by atoms with van der Waals surface area (Å²) in [5.74, 6) is 0. The smallest absolute Gasteiger partial charge is 0.0662 e. The second kappa shape index (κ2) is 6.39. The third-order valence-electron chi connectivity index (χ3n) is 3.21. The van der Waals surface area contributed by atoms with Gasteiger partial charge in [-0.1, -0.05) is 27.7 Å². The van der Waals surface area contributed by atoms with Crippen LogP contribution in [-0.4, -0.2) is 23.3 Å². The molecule has 2 nitrogen and oxygen atoms in total. The molecule has 0 aromatic carbocycles. The van der Waals surface area contributed by atoms with E-state index in [2.05, 4.69) is 26.1 Å². The number of aliphatic hydroxyl groups is 1. The molecule has 0 amide bonds. The van der Waals surface area contributed by atoms with Gasteiger partial charge in [0.25, 0.3) is 0 Å². The second-order valence-corrected chi connectivity index (χ2v) is 3.78. The van der Waals surface area contributed by atoms with Crippen molar-refractivity contribution in [3.8, 4) is 0 Å². The van der Waals surface area contributed by atoms with Crippen LogP contribution in [0.5, 0.6) is 0 Å². The van der Waals surface area contributed by atoms with Crippen LogP contribution in [0, 0.1) is 0 Å². The van der Waals surface area contributed by atoms with Crippen molar-refractivity contribution in [2.45, 2.75) is 65.0 Å². The van der Waals surface area contributed by atoms with Gasteiger partial charge in [-0.2, -0.15) is 0 Å². The van der Waals surface area contributed by atoms with Crippen LogP contribution in [0.2, 0.25) is 0 Å². The molecule has 13 heavy (non-hydrogen) atoms. The van der Waals surface area contributed by atoms with Crippen molar-refractivity contribution >= 4 is 0 Å². The minimum Gasteiger partial charge on any atom is -0.392 e. The fourth-order valence-electron chi connectivity index (χ4n) is 1.60. The van der Waals surface area contributed by atoms with Crippen molar-refractivity contribution in [3.63, 3.8) is 0 Å². The van der Waals surface area contributed by atoms with E-state index in [0.29, 0.717) is 0 Å². The first-order chi connectivity index (χ1) is 6.14. The Morgan fingerprint density at radius 1 is 1.08 bits per heavy atom. The quantitative estimate of drug-likeness (QED) is 0.641. The summed E-state index contributed by atoms with van der Waals surface area (Å²) in [6, 6.07) is 0. The molecule has 2 heteroatoms. The zero-order valence-corrected chi connectivity index (χ0v) is 9.56. The highest BCUT2D eigenvalue weighted by Gasteiger charge is 2.23. The number of aliphatic hydroxyl groups excluding tert-OH is 1. The Hall–Kier alpha value is -0.0800. The highest BCUT2D eigenvalue weighted by Crippen LogP contribution is 2.18. The van der Waals surface area contributed by atoms with Gasteiger partial charge < -0.3 is 10.4 Å². The Balaban J connectivity index is 3.95. The first-order valence-corrected chi connectivity index (χ1v) is 5.57. The Bertz CT molecular complexity index is 113. The standard InChI is InChI=1S/C11H25NO/c1-5-10(13)9-12-11(6-2,7-3)8-4/h10,12-13H,5-9H2,1-4H3. The Morgan fingerprint density at radius 2 is 1.54 bits per heavy atom. The molecule has 0 bridgehead atoms. The fourth-order valence-corrected chi connectivity index (χ4v) is 1.60. The highest BCUT2D eigenvalue weighted by atomic mass is 16.3. The molecule has 1 atom stereocenters. The van der Waals surface area contributed by atoms with Crippen LogP contribution in [0.25, 0.3) is 0 Å². The molecular weight excluding hydrogens is 162 g/mol. The van der Waals surface area contributed by atoms with Gasteiger partial charge in [0.1, 0.15) is 0 Å². The summed E-state index contributed by atoms with van der Waals surface area (Å²) in [6.07, 6.45) is 4.05. The van der Waals surface area contributed by atoms with Crippen LogP contribution < -0.4 is 5.32 Å². The van der Waals surface area contributed by atoms with E-state index in [1.165, 1.54) is 0 Å². The van der Waals surface area contributed by atoms with Crippen molar-refractivity contribution in [1.29, 1.82) is 0 Å². The molecule has 0 heterocycles. The van der Waals surface area contributed by atoms with Gasteiger partial charge in [0, 0.05) is 12.1 Å². The number of nitrogens with one attached hydrogen (secondary N) is 1. The maximum atomic E-state index is 9.45. The van der Waals surface area contributed by atoms with E-state index >= 15 is 0 Å². The van der Waals surface area contributed by atoms with Gasteiger partial charge in [-0.15, -0.1) is 0 Å². The SMILES string of the molecule is CCC(O)CNC(CC)(CC)CC. The summed E-state index contributed by atoms with van der Waals surface area (Å²) < 4.78 is 0. The molecule has 0 aliphatic carbocycles. The minimum absolute atomic E-state index is 0.191. The zero-order chi connectivity index (χ0) is 10.3. The third kappa shape index (κ3) is 4.10. The normalized spacial score (nSPS) is 14.5. The molecule has 0 aromatic rings. The van der Waals surface area contributed by atoms with Crippen molar-refractivity contribution in [3.05, 3.63) is 0 Å². The second-order valence-electron chi connectivity index (χ2n) is 3.78. The van der Waals surface area contributed by atoms with Gasteiger partial charge in [0.15, 0.2) is 0 Å². The van der Waals surface area contributed by atoms with Gasteiger partial charge in [0.2, 0.25) is 0 Å². The predicted octanol–water partition coefficient (Wildman–Crippen LogP) is 2.32. The average Bonchev–Trinajstić information content (AvgIpc) is 2.20. The number of β-amino-alcohol motifs (C(OH)–C–C–N with tert-alkyl or cyclic N) is 1. The summed E-state index contributed by atoms with van der Waals surface area (Å²) in [7, 11) is 0.